The number of amides is 1. The first kappa shape index (κ1) is 13.3. The van der Waals surface area contributed by atoms with Crippen LogP contribution in [0.4, 0.5) is 5.69 Å². The lowest BCUT2D eigenvalue weighted by Gasteiger charge is -2.10. The van der Waals surface area contributed by atoms with Crippen LogP contribution in [0.1, 0.15) is 25.3 Å². The minimum Gasteiger partial charge on any atom is -0.496 e. The van der Waals surface area contributed by atoms with Gasteiger partial charge in [0.1, 0.15) is 5.75 Å². The maximum absolute atomic E-state index is 11.5. The summed E-state index contributed by atoms with van der Waals surface area (Å²) >= 11 is 0. The van der Waals surface area contributed by atoms with Crippen molar-refractivity contribution >= 4 is 11.6 Å². The third kappa shape index (κ3) is 3.94. The zero-order valence-electron chi connectivity index (χ0n) is 10.5. The van der Waals surface area contributed by atoms with Gasteiger partial charge in [-0.25, -0.2) is 0 Å². The van der Waals surface area contributed by atoms with Gasteiger partial charge < -0.3 is 10.1 Å². The number of carbonyl (C=O) groups is 1. The van der Waals surface area contributed by atoms with Gasteiger partial charge in [0.05, 0.1) is 7.11 Å². The van der Waals surface area contributed by atoms with Crippen molar-refractivity contribution in [2.45, 2.75) is 26.2 Å². The van der Waals surface area contributed by atoms with E-state index in [9.17, 15) is 4.79 Å². The van der Waals surface area contributed by atoms with Crippen LogP contribution < -0.4 is 10.1 Å². The first-order valence-corrected chi connectivity index (χ1v) is 5.79. The Bertz CT molecular complexity index is 399. The molecule has 0 atom stereocenters. The molecule has 0 radical (unpaired) electrons. The normalized spacial score (nSPS) is 9.76. The average molecular weight is 233 g/mol. The molecule has 0 fully saturated rings. The van der Waals surface area contributed by atoms with Gasteiger partial charge in [0.15, 0.2) is 0 Å². The van der Waals surface area contributed by atoms with Crippen molar-refractivity contribution in [3.63, 3.8) is 0 Å². The molecule has 3 heteroatoms. The number of allylic oxidation sites excluding steroid dienone is 1. The summed E-state index contributed by atoms with van der Waals surface area (Å²) in [5.74, 6) is 0.862. The summed E-state index contributed by atoms with van der Waals surface area (Å²) in [6, 6.07) is 5.63. The van der Waals surface area contributed by atoms with Crippen molar-refractivity contribution in [2.75, 3.05) is 12.4 Å². The number of methoxy groups -OCH3 is 1. The minimum absolute atomic E-state index is 0.0437. The smallest absolute Gasteiger partial charge is 0.224 e. The molecule has 0 saturated carbocycles. The molecule has 0 aliphatic carbocycles. The minimum atomic E-state index is 0.0437. The van der Waals surface area contributed by atoms with Gasteiger partial charge >= 0.3 is 0 Å². The predicted molar refractivity (Wildman–Crippen MR) is 70.4 cm³/mol. The molecule has 17 heavy (non-hydrogen) atoms. The van der Waals surface area contributed by atoms with Crippen molar-refractivity contribution in [1.82, 2.24) is 0 Å². The number of hydrogen-bond donors (Lipinski definition) is 1. The number of rotatable bonds is 6. The number of benzene rings is 1. The van der Waals surface area contributed by atoms with E-state index in [4.69, 9.17) is 4.74 Å². The van der Waals surface area contributed by atoms with E-state index in [1.807, 2.05) is 31.2 Å². The van der Waals surface area contributed by atoms with Crippen LogP contribution in [-0.2, 0) is 11.2 Å². The highest BCUT2D eigenvalue weighted by Crippen LogP contribution is 2.23. The molecule has 0 spiro atoms. The highest BCUT2D eigenvalue weighted by molar-refractivity contribution is 5.90. The highest BCUT2D eigenvalue weighted by atomic mass is 16.5. The van der Waals surface area contributed by atoms with Crippen LogP contribution in [0.25, 0.3) is 0 Å². The Morgan fingerprint density at radius 1 is 1.53 bits per heavy atom. The van der Waals surface area contributed by atoms with E-state index in [1.165, 1.54) is 0 Å². The van der Waals surface area contributed by atoms with Crippen molar-refractivity contribution in [2.24, 2.45) is 0 Å². The topological polar surface area (TPSA) is 38.3 Å². The third-order valence-electron chi connectivity index (χ3n) is 2.41. The summed E-state index contributed by atoms with van der Waals surface area (Å²) < 4.78 is 5.24. The molecule has 0 aliphatic rings. The Balaban J connectivity index is 2.83. The molecule has 1 rings (SSSR count). The lowest BCUT2D eigenvalue weighted by molar-refractivity contribution is -0.116. The van der Waals surface area contributed by atoms with E-state index in [1.54, 1.807) is 7.11 Å². The van der Waals surface area contributed by atoms with Gasteiger partial charge in [0, 0.05) is 12.1 Å². The molecule has 0 aromatic heterocycles. The fraction of sp³-hybridized carbons (Fsp3) is 0.357. The molecule has 3 nitrogen and oxygen atoms in total. The monoisotopic (exact) mass is 233 g/mol. The fourth-order valence-electron chi connectivity index (χ4n) is 1.62. The van der Waals surface area contributed by atoms with Gasteiger partial charge in [-0.3, -0.25) is 4.79 Å². The van der Waals surface area contributed by atoms with E-state index in [2.05, 4.69) is 11.9 Å². The van der Waals surface area contributed by atoms with Gasteiger partial charge in [-0.15, -0.1) is 6.58 Å². The summed E-state index contributed by atoms with van der Waals surface area (Å²) in [7, 11) is 1.64. The Kier molecular flexibility index (Phi) is 5.27. The Morgan fingerprint density at radius 3 is 2.88 bits per heavy atom. The maximum Gasteiger partial charge on any atom is 0.224 e. The Hall–Kier alpha value is -1.77. The zero-order valence-corrected chi connectivity index (χ0v) is 10.5. The van der Waals surface area contributed by atoms with Crippen LogP contribution in [0.5, 0.6) is 5.75 Å². The molecule has 1 aromatic carbocycles. The summed E-state index contributed by atoms with van der Waals surface area (Å²) in [4.78, 5) is 11.5. The van der Waals surface area contributed by atoms with E-state index >= 15 is 0 Å². The second kappa shape index (κ2) is 6.74. The Labute approximate surface area is 102 Å². The van der Waals surface area contributed by atoms with E-state index in [0.29, 0.717) is 6.42 Å². The number of nitrogens with one attached hydrogen (secondary N) is 1. The van der Waals surface area contributed by atoms with E-state index < -0.39 is 0 Å². The van der Waals surface area contributed by atoms with Gasteiger partial charge in [0.2, 0.25) is 5.91 Å². The maximum atomic E-state index is 11.5. The number of carbonyl (C=O) groups excluding carboxylic acids is 1. The summed E-state index contributed by atoms with van der Waals surface area (Å²) in [6.07, 6.45) is 3.93. The molecular weight excluding hydrogens is 214 g/mol. The second-order valence-corrected chi connectivity index (χ2v) is 3.82. The first-order chi connectivity index (χ1) is 8.21. The predicted octanol–water partition coefficient (Wildman–Crippen LogP) is 3.16. The summed E-state index contributed by atoms with van der Waals surface area (Å²) in [5, 5.41) is 2.86. The molecule has 1 aromatic rings. The van der Waals surface area contributed by atoms with Gasteiger partial charge in [-0.05, 0) is 36.6 Å². The van der Waals surface area contributed by atoms with E-state index in [-0.39, 0.29) is 5.91 Å². The zero-order chi connectivity index (χ0) is 12.7. The molecule has 92 valence electrons. The van der Waals surface area contributed by atoms with Crippen molar-refractivity contribution < 1.29 is 9.53 Å². The third-order valence-corrected chi connectivity index (χ3v) is 2.41. The summed E-state index contributed by atoms with van der Waals surface area (Å²) in [6.45, 7) is 5.69. The van der Waals surface area contributed by atoms with Crippen LogP contribution >= 0.6 is 0 Å². The molecule has 0 bridgehead atoms. The van der Waals surface area contributed by atoms with Gasteiger partial charge in [0.25, 0.3) is 0 Å². The molecule has 0 aliphatic heterocycles. The largest absolute Gasteiger partial charge is 0.496 e. The Morgan fingerprint density at radius 2 is 2.29 bits per heavy atom. The van der Waals surface area contributed by atoms with Crippen LogP contribution in [0.3, 0.4) is 0 Å². The van der Waals surface area contributed by atoms with Crippen LogP contribution in [0.2, 0.25) is 0 Å². The van der Waals surface area contributed by atoms with Gasteiger partial charge in [-0.2, -0.15) is 0 Å². The van der Waals surface area contributed by atoms with Crippen molar-refractivity contribution in [3.05, 3.63) is 36.4 Å². The quantitative estimate of drug-likeness (QED) is 0.766. The van der Waals surface area contributed by atoms with Crippen LogP contribution in [0, 0.1) is 0 Å². The van der Waals surface area contributed by atoms with Crippen LogP contribution in [-0.4, -0.2) is 13.0 Å². The SMILES string of the molecule is C=CCc1cc(NC(=O)CCC)ccc1OC. The molecule has 0 saturated heterocycles. The molecule has 0 heterocycles. The number of anilines is 1. The first-order valence-electron chi connectivity index (χ1n) is 5.79. The van der Waals surface area contributed by atoms with Crippen molar-refractivity contribution in [3.8, 4) is 5.75 Å². The highest BCUT2D eigenvalue weighted by Gasteiger charge is 2.05. The van der Waals surface area contributed by atoms with Crippen LogP contribution in [0.15, 0.2) is 30.9 Å². The molecule has 0 unspecified atom stereocenters. The standard InChI is InChI=1S/C14H19NO2/c1-4-6-11-10-12(8-9-13(11)17-3)15-14(16)7-5-2/h4,8-10H,1,5-7H2,2-3H3,(H,15,16). The fourth-order valence-corrected chi connectivity index (χ4v) is 1.62. The average Bonchev–Trinajstić information content (AvgIpc) is 2.30. The number of hydrogen-bond acceptors (Lipinski definition) is 2. The lowest BCUT2D eigenvalue weighted by Crippen LogP contribution is -2.10. The molecule has 1 amide bonds. The second-order valence-electron chi connectivity index (χ2n) is 3.82. The number of ether oxygens (including phenoxy) is 1. The lowest BCUT2D eigenvalue weighted by atomic mass is 10.1. The van der Waals surface area contributed by atoms with E-state index in [0.717, 1.165) is 29.8 Å². The molecule has 1 N–H and O–H groups in total. The molecular formula is C14H19NO2. The van der Waals surface area contributed by atoms with Crippen molar-refractivity contribution in [1.29, 1.82) is 0 Å². The summed E-state index contributed by atoms with van der Waals surface area (Å²) in [5.41, 5.74) is 1.83. The van der Waals surface area contributed by atoms with Gasteiger partial charge in [-0.1, -0.05) is 13.0 Å².